The van der Waals surface area contributed by atoms with E-state index < -0.39 is 0 Å². The molecule has 0 bridgehead atoms. The van der Waals surface area contributed by atoms with E-state index in [-0.39, 0.29) is 18.0 Å². The number of nitrogens with one attached hydrogen (secondary N) is 1. The second-order valence-electron chi connectivity index (χ2n) is 7.76. The Kier molecular flexibility index (Phi) is 6.37. The third kappa shape index (κ3) is 3.91. The van der Waals surface area contributed by atoms with Crippen LogP contribution in [0.15, 0.2) is 59.5 Å². The van der Waals surface area contributed by atoms with Crippen molar-refractivity contribution in [3.8, 4) is 11.3 Å². The maximum atomic E-state index is 13.6. The topological polar surface area (TPSA) is 72.2 Å². The first kappa shape index (κ1) is 21.8. The molecule has 0 radical (unpaired) electrons. The second-order valence-corrected chi connectivity index (χ2v) is 7.76. The molecular weight excluding hydrogens is 402 g/mol. The zero-order chi connectivity index (χ0) is 22.7. The molecule has 0 aliphatic rings. The Balaban J connectivity index is 1.90. The highest BCUT2D eigenvalue weighted by Gasteiger charge is 2.19. The minimum Gasteiger partial charge on any atom is -0.342 e. The highest BCUT2D eigenvalue weighted by Crippen LogP contribution is 2.29. The summed E-state index contributed by atoms with van der Waals surface area (Å²) in [7, 11) is 1.87. The van der Waals surface area contributed by atoms with Gasteiger partial charge in [0.25, 0.3) is 5.56 Å². The molecule has 32 heavy (non-hydrogen) atoms. The molecule has 0 saturated carbocycles. The number of hydrogen-bond donors (Lipinski definition) is 1. The Hall–Kier alpha value is -3.45. The summed E-state index contributed by atoms with van der Waals surface area (Å²) in [5.74, 6) is 0.0557. The van der Waals surface area contributed by atoms with Crippen LogP contribution in [0, 0.1) is 0 Å². The van der Waals surface area contributed by atoms with Gasteiger partial charge >= 0.3 is 0 Å². The first-order chi connectivity index (χ1) is 15.6. The van der Waals surface area contributed by atoms with Gasteiger partial charge in [0, 0.05) is 48.8 Å². The molecule has 0 aliphatic heterocycles. The van der Waals surface area contributed by atoms with Crippen LogP contribution in [0.2, 0.25) is 0 Å². The number of fused-ring (bicyclic) bond motifs is 2. The highest BCUT2D eigenvalue weighted by molar-refractivity contribution is 5.96. The van der Waals surface area contributed by atoms with Crippen molar-refractivity contribution in [3.63, 3.8) is 0 Å². The summed E-state index contributed by atoms with van der Waals surface area (Å²) in [5.41, 5.74) is 3.54. The van der Waals surface area contributed by atoms with Gasteiger partial charge in [-0.1, -0.05) is 30.3 Å². The SMILES string of the molecule is CCN(CC)C(=O)Cn1cc(-c2nc3ccccc3n(CCNC)c2=O)c2ccccc21. The van der Waals surface area contributed by atoms with Crippen molar-refractivity contribution in [2.75, 3.05) is 26.7 Å². The van der Waals surface area contributed by atoms with E-state index in [0.717, 1.165) is 27.5 Å². The second kappa shape index (κ2) is 9.36. The van der Waals surface area contributed by atoms with Crippen LogP contribution in [0.3, 0.4) is 0 Å². The fourth-order valence-corrected chi connectivity index (χ4v) is 4.20. The molecule has 7 heteroatoms. The maximum Gasteiger partial charge on any atom is 0.277 e. The van der Waals surface area contributed by atoms with E-state index in [1.807, 2.05) is 85.1 Å². The predicted molar refractivity (Wildman–Crippen MR) is 129 cm³/mol. The van der Waals surface area contributed by atoms with E-state index in [2.05, 4.69) is 5.32 Å². The molecule has 4 rings (SSSR count). The van der Waals surface area contributed by atoms with Crippen LogP contribution in [0.1, 0.15) is 13.8 Å². The zero-order valence-corrected chi connectivity index (χ0v) is 18.8. The fraction of sp³-hybridized carbons (Fsp3) is 0.320. The van der Waals surface area contributed by atoms with E-state index in [1.54, 1.807) is 4.57 Å². The maximum absolute atomic E-state index is 13.6. The molecule has 2 aromatic heterocycles. The van der Waals surface area contributed by atoms with Crippen molar-refractivity contribution < 1.29 is 4.79 Å². The lowest BCUT2D eigenvalue weighted by Crippen LogP contribution is -2.33. The molecule has 2 aromatic carbocycles. The number of benzene rings is 2. The van der Waals surface area contributed by atoms with Crippen LogP contribution in [-0.2, 0) is 17.9 Å². The lowest BCUT2D eigenvalue weighted by atomic mass is 10.1. The molecular formula is C25H29N5O2. The van der Waals surface area contributed by atoms with Crippen LogP contribution in [0.25, 0.3) is 33.2 Å². The smallest absolute Gasteiger partial charge is 0.277 e. The van der Waals surface area contributed by atoms with Crippen LogP contribution < -0.4 is 10.9 Å². The molecule has 0 saturated heterocycles. The summed E-state index contributed by atoms with van der Waals surface area (Å²) in [4.78, 5) is 32.9. The number of carbonyl (C=O) groups is 1. The predicted octanol–water partition coefficient (Wildman–Crippen LogP) is 3.11. The van der Waals surface area contributed by atoms with Gasteiger partial charge in [0.05, 0.1) is 11.0 Å². The molecule has 2 heterocycles. The number of carbonyl (C=O) groups excluding carboxylic acids is 1. The van der Waals surface area contributed by atoms with Gasteiger partial charge in [-0.05, 0) is 39.1 Å². The minimum atomic E-state index is -0.128. The van der Waals surface area contributed by atoms with Crippen molar-refractivity contribution in [2.24, 2.45) is 0 Å². The molecule has 0 atom stereocenters. The Bertz CT molecular complexity index is 1320. The highest BCUT2D eigenvalue weighted by atomic mass is 16.2. The quantitative estimate of drug-likeness (QED) is 0.465. The average molecular weight is 432 g/mol. The first-order valence-electron chi connectivity index (χ1n) is 11.1. The Morgan fingerprint density at radius 3 is 2.44 bits per heavy atom. The molecule has 7 nitrogen and oxygen atoms in total. The first-order valence-corrected chi connectivity index (χ1v) is 11.1. The molecule has 0 spiro atoms. The van der Waals surface area contributed by atoms with Crippen LogP contribution in [0.5, 0.6) is 0 Å². The third-order valence-corrected chi connectivity index (χ3v) is 5.90. The van der Waals surface area contributed by atoms with Gasteiger partial charge in [0.2, 0.25) is 5.91 Å². The largest absolute Gasteiger partial charge is 0.342 e. The number of hydrogen-bond acceptors (Lipinski definition) is 4. The van der Waals surface area contributed by atoms with Gasteiger partial charge in [0.1, 0.15) is 12.2 Å². The fourth-order valence-electron chi connectivity index (χ4n) is 4.20. The lowest BCUT2D eigenvalue weighted by Gasteiger charge is -2.19. The van der Waals surface area contributed by atoms with E-state index in [9.17, 15) is 9.59 Å². The number of amides is 1. The van der Waals surface area contributed by atoms with Crippen molar-refractivity contribution in [2.45, 2.75) is 26.9 Å². The molecule has 0 aliphatic carbocycles. The summed E-state index contributed by atoms with van der Waals surface area (Å²) in [6, 6.07) is 15.6. The minimum absolute atomic E-state index is 0.0557. The Morgan fingerprint density at radius 1 is 1.03 bits per heavy atom. The van der Waals surface area contributed by atoms with Crippen molar-refractivity contribution in [3.05, 3.63) is 65.1 Å². The van der Waals surface area contributed by atoms with Crippen molar-refractivity contribution in [1.82, 2.24) is 24.3 Å². The average Bonchev–Trinajstić information content (AvgIpc) is 3.17. The van der Waals surface area contributed by atoms with Gasteiger partial charge in [-0.15, -0.1) is 0 Å². The number of likely N-dealkylation sites (N-methyl/N-ethyl adjacent to an activating group) is 2. The summed E-state index contributed by atoms with van der Waals surface area (Å²) in [6.45, 7) is 6.75. The van der Waals surface area contributed by atoms with E-state index >= 15 is 0 Å². The zero-order valence-electron chi connectivity index (χ0n) is 18.8. The van der Waals surface area contributed by atoms with Gasteiger partial charge in [-0.2, -0.15) is 0 Å². The molecule has 0 unspecified atom stereocenters. The summed E-state index contributed by atoms with van der Waals surface area (Å²) < 4.78 is 3.71. The van der Waals surface area contributed by atoms with Crippen LogP contribution in [0.4, 0.5) is 0 Å². The monoisotopic (exact) mass is 431 g/mol. The number of rotatable bonds is 8. The summed E-state index contributed by atoms with van der Waals surface area (Å²) >= 11 is 0. The standard InChI is InChI=1S/C25H29N5O2/c1-4-28(5-2)23(31)17-29-16-19(18-10-6-8-12-21(18)29)24-25(32)30(15-14-26-3)22-13-9-7-11-20(22)27-24/h6-13,16,26H,4-5,14-15,17H2,1-3H3. The Morgan fingerprint density at radius 2 is 1.72 bits per heavy atom. The molecule has 1 amide bonds. The van der Waals surface area contributed by atoms with Gasteiger partial charge in [-0.25, -0.2) is 4.98 Å². The van der Waals surface area contributed by atoms with Gasteiger partial charge in [0.15, 0.2) is 0 Å². The van der Waals surface area contributed by atoms with Crippen molar-refractivity contribution >= 4 is 27.8 Å². The molecule has 4 aromatic rings. The molecule has 166 valence electrons. The summed E-state index contributed by atoms with van der Waals surface area (Å²) in [6.07, 6.45) is 1.90. The number of nitrogens with zero attached hydrogens (tertiary/aromatic N) is 4. The normalized spacial score (nSPS) is 11.3. The molecule has 0 fully saturated rings. The molecule has 1 N–H and O–H groups in total. The Labute approximate surface area is 187 Å². The van der Waals surface area contributed by atoms with Crippen LogP contribution >= 0.6 is 0 Å². The number of aromatic nitrogens is 3. The lowest BCUT2D eigenvalue weighted by molar-refractivity contribution is -0.131. The van der Waals surface area contributed by atoms with E-state index in [4.69, 9.17) is 4.98 Å². The van der Waals surface area contributed by atoms with E-state index in [0.29, 0.717) is 31.9 Å². The van der Waals surface area contributed by atoms with Gasteiger partial charge < -0.3 is 19.4 Å². The van der Waals surface area contributed by atoms with E-state index in [1.165, 1.54) is 0 Å². The summed E-state index contributed by atoms with van der Waals surface area (Å²) in [5, 5.41) is 4.03. The number of para-hydroxylation sites is 3. The van der Waals surface area contributed by atoms with Crippen LogP contribution in [-0.4, -0.2) is 51.6 Å². The van der Waals surface area contributed by atoms with Gasteiger partial charge in [-0.3, -0.25) is 9.59 Å². The van der Waals surface area contributed by atoms with Crippen molar-refractivity contribution in [1.29, 1.82) is 0 Å². The third-order valence-electron chi connectivity index (χ3n) is 5.90.